The molecule has 0 amide bonds. The van der Waals surface area contributed by atoms with Crippen LogP contribution in [-0.4, -0.2) is 17.2 Å². The number of nitro groups is 1. The van der Waals surface area contributed by atoms with Gasteiger partial charge in [-0.2, -0.15) is 0 Å². The zero-order chi connectivity index (χ0) is 16.9. The van der Waals surface area contributed by atoms with Gasteiger partial charge in [-0.3, -0.25) is 10.1 Å². The maximum atomic E-state index is 10.9. The molecule has 3 rings (SSSR count). The van der Waals surface area contributed by atoms with E-state index in [1.807, 2.05) is 30.3 Å². The number of methoxy groups -OCH3 is 1. The van der Waals surface area contributed by atoms with E-state index in [0.717, 1.165) is 5.56 Å². The highest BCUT2D eigenvalue weighted by Gasteiger charge is 2.14. The minimum absolute atomic E-state index is 0.0756. The van der Waals surface area contributed by atoms with Gasteiger partial charge >= 0.3 is 0 Å². The number of rotatable bonds is 6. The maximum Gasteiger partial charge on any atom is 0.273 e. The summed E-state index contributed by atoms with van der Waals surface area (Å²) in [4.78, 5) is 10.4. The van der Waals surface area contributed by atoms with E-state index < -0.39 is 4.92 Å². The Hall–Kier alpha value is -3.35. The minimum atomic E-state index is -0.492. The van der Waals surface area contributed by atoms with E-state index in [9.17, 15) is 10.1 Å². The molecule has 0 atom stereocenters. The van der Waals surface area contributed by atoms with Gasteiger partial charge < -0.3 is 14.0 Å². The van der Waals surface area contributed by atoms with Gasteiger partial charge in [-0.25, -0.2) is 0 Å². The monoisotopic (exact) mass is 326 g/mol. The van der Waals surface area contributed by atoms with Gasteiger partial charge in [-0.15, -0.1) is 0 Å². The van der Waals surface area contributed by atoms with Gasteiger partial charge in [0.2, 0.25) is 0 Å². The molecule has 1 aromatic heterocycles. The molecule has 122 valence electrons. The van der Waals surface area contributed by atoms with E-state index in [2.05, 4.69) is 5.16 Å². The molecule has 0 aliphatic carbocycles. The summed E-state index contributed by atoms with van der Waals surface area (Å²) in [6.45, 7) is 0.0807. The van der Waals surface area contributed by atoms with Gasteiger partial charge in [0.15, 0.2) is 17.3 Å². The second kappa shape index (κ2) is 6.82. The maximum absolute atomic E-state index is 10.9. The van der Waals surface area contributed by atoms with Gasteiger partial charge in [0.1, 0.15) is 12.3 Å². The molecule has 0 spiro atoms. The predicted molar refractivity (Wildman–Crippen MR) is 85.9 cm³/mol. The van der Waals surface area contributed by atoms with Gasteiger partial charge in [-0.05, 0) is 6.07 Å². The number of hydrogen-bond acceptors (Lipinski definition) is 6. The lowest BCUT2D eigenvalue weighted by atomic mass is 10.1. The highest BCUT2D eigenvalue weighted by Crippen LogP contribution is 2.32. The van der Waals surface area contributed by atoms with Crippen LogP contribution in [0.2, 0.25) is 0 Å². The summed E-state index contributed by atoms with van der Waals surface area (Å²) in [5, 5.41) is 14.9. The Morgan fingerprint density at radius 3 is 2.62 bits per heavy atom. The summed E-state index contributed by atoms with van der Waals surface area (Å²) in [6, 6.07) is 15.5. The van der Waals surface area contributed by atoms with E-state index in [0.29, 0.717) is 17.2 Å². The Morgan fingerprint density at radius 2 is 1.92 bits per heavy atom. The fourth-order valence-corrected chi connectivity index (χ4v) is 2.17. The lowest BCUT2D eigenvalue weighted by Crippen LogP contribution is -1.98. The fraction of sp³-hybridized carbons (Fsp3) is 0.118. The normalized spacial score (nSPS) is 10.4. The van der Waals surface area contributed by atoms with Crippen LogP contribution in [0.4, 0.5) is 5.69 Å². The van der Waals surface area contributed by atoms with Gasteiger partial charge in [-0.1, -0.05) is 35.5 Å². The van der Waals surface area contributed by atoms with Crippen LogP contribution >= 0.6 is 0 Å². The molecule has 0 N–H and O–H groups in total. The SMILES string of the molecule is COc1ccc([N+](=O)[O-])cc1OCc1cc(-c2ccccc2)no1. The fourth-order valence-electron chi connectivity index (χ4n) is 2.17. The van der Waals surface area contributed by atoms with Gasteiger partial charge in [0.25, 0.3) is 5.69 Å². The Kier molecular flexibility index (Phi) is 4.42. The number of ether oxygens (including phenoxy) is 2. The molecule has 0 bridgehead atoms. The lowest BCUT2D eigenvalue weighted by Gasteiger charge is -2.08. The molecule has 2 aromatic carbocycles. The summed E-state index contributed by atoms with van der Waals surface area (Å²) < 4.78 is 16.0. The number of benzene rings is 2. The molecule has 3 aromatic rings. The summed E-state index contributed by atoms with van der Waals surface area (Å²) in [6.07, 6.45) is 0. The van der Waals surface area contributed by atoms with Crippen molar-refractivity contribution >= 4 is 5.69 Å². The molecular weight excluding hydrogens is 312 g/mol. The second-order valence-electron chi connectivity index (χ2n) is 4.93. The minimum Gasteiger partial charge on any atom is -0.493 e. The van der Waals surface area contributed by atoms with Crippen molar-refractivity contribution in [3.8, 4) is 22.8 Å². The van der Waals surface area contributed by atoms with Crippen molar-refractivity contribution in [3.05, 3.63) is 70.5 Å². The number of aromatic nitrogens is 1. The molecular formula is C17H14N2O5. The molecule has 0 aliphatic rings. The number of hydrogen-bond donors (Lipinski definition) is 0. The first-order valence-corrected chi connectivity index (χ1v) is 7.13. The third-order valence-electron chi connectivity index (χ3n) is 3.36. The smallest absolute Gasteiger partial charge is 0.273 e. The number of nitro benzene ring substituents is 1. The van der Waals surface area contributed by atoms with Crippen LogP contribution < -0.4 is 9.47 Å². The quantitative estimate of drug-likeness (QED) is 0.505. The summed E-state index contributed by atoms with van der Waals surface area (Å²) in [7, 11) is 1.47. The van der Waals surface area contributed by atoms with Crippen molar-refractivity contribution < 1.29 is 18.9 Å². The summed E-state index contributed by atoms with van der Waals surface area (Å²) >= 11 is 0. The molecule has 0 radical (unpaired) electrons. The van der Waals surface area contributed by atoms with Crippen LogP contribution in [0.15, 0.2) is 59.1 Å². The number of non-ortho nitro benzene ring substituents is 1. The predicted octanol–water partition coefficient (Wildman–Crippen LogP) is 3.84. The Labute approximate surface area is 137 Å². The lowest BCUT2D eigenvalue weighted by molar-refractivity contribution is -0.385. The first-order chi connectivity index (χ1) is 11.7. The highest BCUT2D eigenvalue weighted by atomic mass is 16.6. The van der Waals surface area contributed by atoms with Crippen molar-refractivity contribution in [1.82, 2.24) is 5.16 Å². The summed E-state index contributed by atoms with van der Waals surface area (Å²) in [5.41, 5.74) is 1.55. The van der Waals surface area contributed by atoms with Crippen LogP contribution in [-0.2, 0) is 6.61 Å². The van der Waals surface area contributed by atoms with E-state index in [-0.39, 0.29) is 18.0 Å². The Bertz CT molecular complexity index is 845. The van der Waals surface area contributed by atoms with Gasteiger partial charge in [0, 0.05) is 17.7 Å². The third-order valence-corrected chi connectivity index (χ3v) is 3.36. The van der Waals surface area contributed by atoms with E-state index in [1.54, 1.807) is 6.07 Å². The van der Waals surface area contributed by atoms with Crippen molar-refractivity contribution in [1.29, 1.82) is 0 Å². The molecule has 0 saturated heterocycles. The first-order valence-electron chi connectivity index (χ1n) is 7.13. The van der Waals surface area contributed by atoms with Gasteiger partial charge in [0.05, 0.1) is 18.1 Å². The molecule has 0 aliphatic heterocycles. The molecule has 7 nitrogen and oxygen atoms in total. The number of nitrogens with zero attached hydrogens (tertiary/aromatic N) is 2. The van der Waals surface area contributed by atoms with Crippen LogP contribution in [0, 0.1) is 10.1 Å². The standard InChI is InChI=1S/C17H14N2O5/c1-22-16-8-7-13(19(20)21)9-17(16)23-11-14-10-15(18-24-14)12-5-3-2-4-6-12/h2-10H,11H2,1H3. The topological polar surface area (TPSA) is 87.6 Å². The molecule has 0 saturated carbocycles. The average molecular weight is 326 g/mol. The largest absolute Gasteiger partial charge is 0.493 e. The Morgan fingerprint density at radius 1 is 1.12 bits per heavy atom. The first kappa shape index (κ1) is 15.5. The highest BCUT2D eigenvalue weighted by molar-refractivity contribution is 5.58. The molecule has 1 heterocycles. The van der Waals surface area contributed by atoms with Crippen LogP contribution in [0.3, 0.4) is 0 Å². The molecule has 7 heteroatoms. The van der Waals surface area contributed by atoms with E-state index >= 15 is 0 Å². The molecule has 0 fully saturated rings. The third kappa shape index (κ3) is 3.35. The van der Waals surface area contributed by atoms with Crippen LogP contribution in [0.25, 0.3) is 11.3 Å². The van der Waals surface area contributed by atoms with E-state index in [4.69, 9.17) is 14.0 Å². The average Bonchev–Trinajstić information content (AvgIpc) is 3.09. The van der Waals surface area contributed by atoms with Crippen molar-refractivity contribution in [2.75, 3.05) is 7.11 Å². The Balaban J connectivity index is 1.75. The zero-order valence-electron chi connectivity index (χ0n) is 12.8. The second-order valence-corrected chi connectivity index (χ2v) is 4.93. The van der Waals surface area contributed by atoms with Crippen molar-refractivity contribution in [2.24, 2.45) is 0 Å². The molecule has 24 heavy (non-hydrogen) atoms. The molecule has 0 unspecified atom stereocenters. The van der Waals surface area contributed by atoms with Crippen molar-refractivity contribution in [3.63, 3.8) is 0 Å². The van der Waals surface area contributed by atoms with Crippen LogP contribution in [0.5, 0.6) is 11.5 Å². The van der Waals surface area contributed by atoms with E-state index in [1.165, 1.54) is 25.3 Å². The van der Waals surface area contributed by atoms with Crippen LogP contribution in [0.1, 0.15) is 5.76 Å². The zero-order valence-corrected chi connectivity index (χ0v) is 12.8. The summed E-state index contributed by atoms with van der Waals surface area (Å²) in [5.74, 6) is 1.18. The van der Waals surface area contributed by atoms with Crippen molar-refractivity contribution in [2.45, 2.75) is 6.61 Å².